The maximum atomic E-state index is 12.0. The van der Waals surface area contributed by atoms with E-state index in [1.807, 2.05) is 0 Å². The second-order valence-electron chi connectivity index (χ2n) is 5.41. The smallest absolute Gasteiger partial charge is 0.338 e. The number of benzene rings is 1. The van der Waals surface area contributed by atoms with Crippen LogP contribution in [0.25, 0.3) is 0 Å². The van der Waals surface area contributed by atoms with Crippen LogP contribution in [0, 0.1) is 0 Å². The van der Waals surface area contributed by atoms with Crippen LogP contribution in [-0.2, 0) is 19.6 Å². The minimum atomic E-state index is -3.59. The predicted octanol–water partition coefficient (Wildman–Crippen LogP) is 1.61. The lowest BCUT2D eigenvalue weighted by atomic mass is 10.2. The summed E-state index contributed by atoms with van der Waals surface area (Å²) in [6.45, 7) is 3.21. The van der Waals surface area contributed by atoms with E-state index in [0.29, 0.717) is 5.76 Å². The average Bonchev–Trinajstić information content (AvgIpc) is 3.14. The molecule has 1 aromatic heterocycles. The summed E-state index contributed by atoms with van der Waals surface area (Å²) in [6, 6.07) is 8.33. The molecule has 9 heteroatoms. The molecule has 2 rings (SSSR count). The van der Waals surface area contributed by atoms with Crippen molar-refractivity contribution in [2.75, 3.05) is 13.2 Å². The minimum Gasteiger partial charge on any atom is -0.467 e. The molecule has 2 aromatic rings. The first-order valence-corrected chi connectivity index (χ1v) is 9.41. The van der Waals surface area contributed by atoms with Gasteiger partial charge in [-0.2, -0.15) is 0 Å². The molecule has 2 N–H and O–H groups in total. The normalized spacial score (nSPS) is 12.4. The van der Waals surface area contributed by atoms with Gasteiger partial charge in [-0.3, -0.25) is 4.79 Å². The third kappa shape index (κ3) is 5.17. The molecule has 140 valence electrons. The van der Waals surface area contributed by atoms with Gasteiger partial charge in [0.2, 0.25) is 10.0 Å². The van der Waals surface area contributed by atoms with E-state index in [0.717, 1.165) is 0 Å². The zero-order valence-electron chi connectivity index (χ0n) is 14.4. The molecule has 0 spiro atoms. The number of carbonyl (C=O) groups is 2. The van der Waals surface area contributed by atoms with Crippen LogP contribution in [0.1, 0.15) is 36.0 Å². The third-order valence-electron chi connectivity index (χ3n) is 3.42. The van der Waals surface area contributed by atoms with Crippen molar-refractivity contribution in [3.8, 4) is 0 Å². The summed E-state index contributed by atoms with van der Waals surface area (Å²) in [4.78, 5) is 23.8. The SMILES string of the molecule is CCNS(=O)(=O)c1ccc(C(=O)OCC(=O)N[C@H](C)c2ccco2)cc1. The molecule has 1 aromatic carbocycles. The molecule has 0 fully saturated rings. The molecule has 1 heterocycles. The van der Waals surface area contributed by atoms with Gasteiger partial charge in [-0.25, -0.2) is 17.9 Å². The number of amides is 1. The highest BCUT2D eigenvalue weighted by Gasteiger charge is 2.16. The van der Waals surface area contributed by atoms with Crippen molar-refractivity contribution in [1.29, 1.82) is 0 Å². The number of carbonyl (C=O) groups excluding carboxylic acids is 2. The van der Waals surface area contributed by atoms with Crippen molar-refractivity contribution in [3.63, 3.8) is 0 Å². The Morgan fingerprint density at radius 1 is 1.19 bits per heavy atom. The molecule has 0 aliphatic carbocycles. The van der Waals surface area contributed by atoms with Crippen LogP contribution in [0.2, 0.25) is 0 Å². The summed E-state index contributed by atoms with van der Waals surface area (Å²) in [6.07, 6.45) is 1.50. The maximum Gasteiger partial charge on any atom is 0.338 e. The number of sulfonamides is 1. The molecule has 0 aliphatic heterocycles. The number of rotatable bonds is 8. The molecule has 0 saturated carbocycles. The summed E-state index contributed by atoms with van der Waals surface area (Å²) in [5, 5.41) is 2.63. The fourth-order valence-corrected chi connectivity index (χ4v) is 3.19. The van der Waals surface area contributed by atoms with Gasteiger partial charge >= 0.3 is 5.97 Å². The topological polar surface area (TPSA) is 115 Å². The Morgan fingerprint density at radius 3 is 2.46 bits per heavy atom. The zero-order chi connectivity index (χ0) is 19.2. The average molecular weight is 380 g/mol. The molecule has 0 bridgehead atoms. The van der Waals surface area contributed by atoms with Crippen molar-refractivity contribution in [2.24, 2.45) is 0 Å². The van der Waals surface area contributed by atoms with Crippen molar-refractivity contribution >= 4 is 21.9 Å². The quantitative estimate of drug-likeness (QED) is 0.673. The molecule has 0 unspecified atom stereocenters. The number of hydrogen-bond donors (Lipinski definition) is 2. The Bertz CT molecular complexity index is 844. The van der Waals surface area contributed by atoms with Gasteiger partial charge in [0.25, 0.3) is 5.91 Å². The van der Waals surface area contributed by atoms with Gasteiger partial charge in [-0.1, -0.05) is 6.92 Å². The molecular weight excluding hydrogens is 360 g/mol. The van der Waals surface area contributed by atoms with Crippen LogP contribution in [0.3, 0.4) is 0 Å². The zero-order valence-corrected chi connectivity index (χ0v) is 15.2. The van der Waals surface area contributed by atoms with Crippen LogP contribution >= 0.6 is 0 Å². The van der Waals surface area contributed by atoms with Crippen molar-refractivity contribution in [2.45, 2.75) is 24.8 Å². The molecule has 8 nitrogen and oxygen atoms in total. The molecule has 0 saturated heterocycles. The lowest BCUT2D eigenvalue weighted by molar-refractivity contribution is -0.125. The largest absolute Gasteiger partial charge is 0.467 e. The molecule has 26 heavy (non-hydrogen) atoms. The van der Waals surface area contributed by atoms with E-state index in [1.54, 1.807) is 26.0 Å². The van der Waals surface area contributed by atoms with Crippen molar-refractivity contribution < 1.29 is 27.2 Å². The highest BCUT2D eigenvalue weighted by atomic mass is 32.2. The Labute approximate surface area is 151 Å². The number of furan rings is 1. The van der Waals surface area contributed by atoms with Crippen LogP contribution < -0.4 is 10.0 Å². The lowest BCUT2D eigenvalue weighted by Gasteiger charge is -2.11. The monoisotopic (exact) mass is 380 g/mol. The van der Waals surface area contributed by atoms with Gasteiger partial charge in [0.15, 0.2) is 6.61 Å². The molecule has 0 aliphatic rings. The van der Waals surface area contributed by atoms with E-state index >= 15 is 0 Å². The Hall–Kier alpha value is -2.65. The maximum absolute atomic E-state index is 12.0. The number of nitrogens with one attached hydrogen (secondary N) is 2. The Kier molecular flexibility index (Phi) is 6.53. The standard InChI is InChI=1S/C17H20N2O6S/c1-3-18-26(22,23)14-8-6-13(7-9-14)17(21)25-11-16(20)19-12(2)15-5-4-10-24-15/h4-10,12,18H,3,11H2,1-2H3,(H,19,20)/t12-/m1/s1. The van der Waals surface area contributed by atoms with E-state index < -0.39 is 28.5 Å². The fraction of sp³-hybridized carbons (Fsp3) is 0.294. The summed E-state index contributed by atoms with van der Waals surface area (Å²) in [5.41, 5.74) is 0.146. The first kappa shape index (κ1) is 19.7. The van der Waals surface area contributed by atoms with E-state index in [9.17, 15) is 18.0 Å². The van der Waals surface area contributed by atoms with Gasteiger partial charge in [-0.15, -0.1) is 0 Å². The second kappa shape index (κ2) is 8.63. The van der Waals surface area contributed by atoms with E-state index in [1.165, 1.54) is 30.5 Å². The first-order chi connectivity index (χ1) is 12.3. The molecule has 1 amide bonds. The predicted molar refractivity (Wildman–Crippen MR) is 92.9 cm³/mol. The number of hydrogen-bond acceptors (Lipinski definition) is 6. The van der Waals surface area contributed by atoms with Gasteiger partial charge in [-0.05, 0) is 43.3 Å². The van der Waals surface area contributed by atoms with Crippen LogP contribution in [0.4, 0.5) is 0 Å². The van der Waals surface area contributed by atoms with Gasteiger partial charge in [0.1, 0.15) is 5.76 Å². The Morgan fingerprint density at radius 2 is 1.88 bits per heavy atom. The number of ether oxygens (including phenoxy) is 1. The Balaban J connectivity index is 1.88. The van der Waals surface area contributed by atoms with Gasteiger partial charge in [0, 0.05) is 6.54 Å². The van der Waals surface area contributed by atoms with Gasteiger partial charge < -0.3 is 14.5 Å². The lowest BCUT2D eigenvalue weighted by Crippen LogP contribution is -2.31. The third-order valence-corrected chi connectivity index (χ3v) is 4.98. The van der Waals surface area contributed by atoms with Crippen molar-refractivity contribution in [3.05, 3.63) is 54.0 Å². The highest BCUT2D eigenvalue weighted by Crippen LogP contribution is 2.13. The van der Waals surface area contributed by atoms with Crippen LogP contribution in [0.15, 0.2) is 52.0 Å². The van der Waals surface area contributed by atoms with Crippen LogP contribution in [-0.4, -0.2) is 33.4 Å². The fourth-order valence-electron chi connectivity index (χ4n) is 2.15. The molecule has 0 radical (unpaired) electrons. The minimum absolute atomic E-state index is 0.0425. The second-order valence-corrected chi connectivity index (χ2v) is 7.17. The summed E-state index contributed by atoms with van der Waals surface area (Å²) in [5.74, 6) is -0.617. The van der Waals surface area contributed by atoms with E-state index in [4.69, 9.17) is 9.15 Å². The summed E-state index contributed by atoms with van der Waals surface area (Å²) >= 11 is 0. The molecule has 1 atom stereocenters. The summed E-state index contributed by atoms with van der Waals surface area (Å²) < 4.78 is 36.1. The first-order valence-electron chi connectivity index (χ1n) is 7.93. The van der Waals surface area contributed by atoms with Crippen molar-refractivity contribution in [1.82, 2.24) is 10.0 Å². The number of esters is 1. The van der Waals surface area contributed by atoms with Gasteiger partial charge in [0.05, 0.1) is 22.8 Å². The summed E-state index contributed by atoms with van der Waals surface area (Å²) in [7, 11) is -3.59. The van der Waals surface area contributed by atoms with E-state index in [2.05, 4.69) is 10.0 Å². The van der Waals surface area contributed by atoms with E-state index in [-0.39, 0.29) is 23.0 Å². The molecular formula is C17H20N2O6S. The highest BCUT2D eigenvalue weighted by molar-refractivity contribution is 7.89. The van der Waals surface area contributed by atoms with Crippen LogP contribution in [0.5, 0.6) is 0 Å².